The third-order valence-corrected chi connectivity index (χ3v) is 5.71. The van der Waals surface area contributed by atoms with Crippen molar-refractivity contribution in [3.63, 3.8) is 0 Å². The fourth-order valence-electron chi connectivity index (χ4n) is 3.12. The summed E-state index contributed by atoms with van der Waals surface area (Å²) in [5.41, 5.74) is 1.05. The zero-order valence-corrected chi connectivity index (χ0v) is 19.5. The zero-order chi connectivity index (χ0) is 19.2. The van der Waals surface area contributed by atoms with E-state index in [0.29, 0.717) is 12.1 Å². The van der Waals surface area contributed by atoms with Gasteiger partial charge in [0.15, 0.2) is 5.96 Å². The summed E-state index contributed by atoms with van der Waals surface area (Å²) in [5, 5.41) is 11.9. The Bertz CT molecular complexity index is 699. The Labute approximate surface area is 180 Å². The average Bonchev–Trinajstić information content (AvgIpc) is 2.61. The molecule has 0 radical (unpaired) electrons. The van der Waals surface area contributed by atoms with Crippen molar-refractivity contribution in [3.05, 3.63) is 29.8 Å². The van der Waals surface area contributed by atoms with Crippen molar-refractivity contribution in [1.29, 1.82) is 0 Å². The summed E-state index contributed by atoms with van der Waals surface area (Å²) >= 11 is 0. The van der Waals surface area contributed by atoms with Crippen LogP contribution in [-0.4, -0.2) is 58.0 Å². The number of nitrogens with two attached hydrogens (primary N) is 1. The first kappa shape index (κ1) is 24.1. The van der Waals surface area contributed by atoms with Gasteiger partial charge in [-0.15, -0.1) is 24.0 Å². The molecular weight excluding hydrogens is 477 g/mol. The number of aliphatic imine (C=N–C) groups is 1. The standard InChI is InChI=1S/C18H31N5O2S.HI/c1-14(2)23-12-9-16(10-13-23)22-18(20-3)21-11-8-15-4-6-17(7-5-15)26(19,24)25;/h4-7,14,16H,8-13H2,1-3H3,(H2,19,24,25)(H2,20,21,22);1H. The van der Waals surface area contributed by atoms with E-state index in [4.69, 9.17) is 5.14 Å². The van der Waals surface area contributed by atoms with E-state index in [0.717, 1.165) is 50.4 Å². The molecule has 1 fully saturated rings. The maximum atomic E-state index is 11.3. The van der Waals surface area contributed by atoms with Crippen LogP contribution >= 0.6 is 24.0 Å². The maximum Gasteiger partial charge on any atom is 0.238 e. The monoisotopic (exact) mass is 509 g/mol. The van der Waals surface area contributed by atoms with Crippen LogP contribution in [0.4, 0.5) is 0 Å². The summed E-state index contributed by atoms with van der Waals surface area (Å²) < 4.78 is 22.5. The van der Waals surface area contributed by atoms with Gasteiger partial charge in [-0.2, -0.15) is 0 Å². The average molecular weight is 509 g/mol. The molecule has 7 nitrogen and oxygen atoms in total. The smallest absolute Gasteiger partial charge is 0.238 e. The Kier molecular flexibility index (Phi) is 9.99. The molecule has 1 aliphatic rings. The van der Waals surface area contributed by atoms with Crippen molar-refractivity contribution in [2.75, 3.05) is 26.7 Å². The van der Waals surface area contributed by atoms with Crippen molar-refractivity contribution in [3.8, 4) is 0 Å². The van der Waals surface area contributed by atoms with E-state index in [-0.39, 0.29) is 28.9 Å². The number of likely N-dealkylation sites (tertiary alicyclic amines) is 1. The van der Waals surface area contributed by atoms with Crippen LogP contribution in [0.15, 0.2) is 34.2 Å². The van der Waals surface area contributed by atoms with Crippen molar-refractivity contribution in [2.24, 2.45) is 10.1 Å². The van der Waals surface area contributed by atoms with Crippen molar-refractivity contribution >= 4 is 40.0 Å². The molecule has 154 valence electrons. The lowest BCUT2D eigenvalue weighted by molar-refractivity contribution is 0.167. The Morgan fingerprint density at radius 3 is 2.33 bits per heavy atom. The van der Waals surface area contributed by atoms with Crippen LogP contribution in [0.3, 0.4) is 0 Å². The van der Waals surface area contributed by atoms with Crippen molar-refractivity contribution in [1.82, 2.24) is 15.5 Å². The minimum Gasteiger partial charge on any atom is -0.356 e. The second-order valence-corrected chi connectivity index (χ2v) is 8.55. The van der Waals surface area contributed by atoms with E-state index < -0.39 is 10.0 Å². The van der Waals surface area contributed by atoms with Gasteiger partial charge in [0.05, 0.1) is 4.90 Å². The van der Waals surface area contributed by atoms with Gasteiger partial charge in [-0.25, -0.2) is 13.6 Å². The highest BCUT2D eigenvalue weighted by Crippen LogP contribution is 2.13. The molecule has 1 aliphatic heterocycles. The molecule has 2 rings (SSSR count). The molecule has 4 N–H and O–H groups in total. The summed E-state index contributed by atoms with van der Waals surface area (Å²) in [7, 11) is -1.85. The lowest BCUT2D eigenvalue weighted by Gasteiger charge is -2.35. The van der Waals surface area contributed by atoms with Gasteiger partial charge in [-0.3, -0.25) is 4.99 Å². The second-order valence-electron chi connectivity index (χ2n) is 6.99. The first-order valence-corrected chi connectivity index (χ1v) is 10.7. The van der Waals surface area contributed by atoms with Crippen LogP contribution in [0, 0.1) is 0 Å². The molecule has 0 atom stereocenters. The number of primary sulfonamides is 1. The van der Waals surface area contributed by atoms with Gasteiger partial charge in [-0.1, -0.05) is 12.1 Å². The molecule has 9 heteroatoms. The van der Waals surface area contributed by atoms with Crippen LogP contribution in [0.1, 0.15) is 32.3 Å². The summed E-state index contributed by atoms with van der Waals surface area (Å²) in [4.78, 5) is 6.94. The van der Waals surface area contributed by atoms with E-state index in [9.17, 15) is 8.42 Å². The second kappa shape index (κ2) is 11.2. The van der Waals surface area contributed by atoms with Gasteiger partial charge in [0.25, 0.3) is 0 Å². The summed E-state index contributed by atoms with van der Waals surface area (Å²) in [5.74, 6) is 0.814. The molecule has 1 aromatic rings. The fourth-order valence-corrected chi connectivity index (χ4v) is 3.63. The molecule has 1 aromatic carbocycles. The largest absolute Gasteiger partial charge is 0.356 e. The molecule has 0 aromatic heterocycles. The lowest BCUT2D eigenvalue weighted by atomic mass is 10.0. The molecule has 0 aliphatic carbocycles. The van der Waals surface area contributed by atoms with Gasteiger partial charge >= 0.3 is 0 Å². The topological polar surface area (TPSA) is 99.8 Å². The first-order valence-electron chi connectivity index (χ1n) is 9.12. The summed E-state index contributed by atoms with van der Waals surface area (Å²) in [6, 6.07) is 7.72. The molecule has 0 saturated carbocycles. The number of guanidine groups is 1. The van der Waals surface area contributed by atoms with E-state index in [1.807, 2.05) is 0 Å². The first-order chi connectivity index (χ1) is 12.3. The Morgan fingerprint density at radius 2 is 1.85 bits per heavy atom. The highest BCUT2D eigenvalue weighted by atomic mass is 127. The molecule has 0 spiro atoms. The fraction of sp³-hybridized carbons (Fsp3) is 0.611. The number of sulfonamides is 1. The molecule has 0 bridgehead atoms. The SMILES string of the molecule is CN=C(NCCc1ccc(S(N)(=O)=O)cc1)NC1CCN(C(C)C)CC1.I. The molecule has 0 unspecified atom stereocenters. The molecule has 1 saturated heterocycles. The van der Waals surface area contributed by atoms with Crippen LogP contribution in [0.2, 0.25) is 0 Å². The number of nitrogens with one attached hydrogen (secondary N) is 2. The van der Waals surface area contributed by atoms with Crippen LogP contribution in [0.25, 0.3) is 0 Å². The van der Waals surface area contributed by atoms with Crippen LogP contribution in [-0.2, 0) is 16.4 Å². The zero-order valence-electron chi connectivity index (χ0n) is 16.3. The minimum atomic E-state index is -3.63. The van der Waals surface area contributed by atoms with Crippen molar-refractivity contribution in [2.45, 2.75) is 50.1 Å². The van der Waals surface area contributed by atoms with Crippen LogP contribution < -0.4 is 15.8 Å². The molecule has 0 amide bonds. The number of benzene rings is 1. The Morgan fingerprint density at radius 1 is 1.26 bits per heavy atom. The summed E-state index contributed by atoms with van der Waals surface area (Å²) in [6.45, 7) is 7.43. The van der Waals surface area contributed by atoms with E-state index in [2.05, 4.69) is 34.4 Å². The lowest BCUT2D eigenvalue weighted by Crippen LogP contribution is -2.50. The number of nitrogens with zero attached hydrogens (tertiary/aromatic N) is 2. The van der Waals surface area contributed by atoms with Gasteiger partial charge in [-0.05, 0) is 50.8 Å². The van der Waals surface area contributed by atoms with Gasteiger partial charge in [0.1, 0.15) is 0 Å². The van der Waals surface area contributed by atoms with E-state index in [1.165, 1.54) is 0 Å². The van der Waals surface area contributed by atoms with Gasteiger partial charge < -0.3 is 15.5 Å². The number of rotatable bonds is 6. The number of piperidine rings is 1. The maximum absolute atomic E-state index is 11.3. The Hall–Kier alpha value is -0.910. The van der Waals surface area contributed by atoms with E-state index in [1.54, 1.807) is 31.3 Å². The van der Waals surface area contributed by atoms with Crippen LogP contribution in [0.5, 0.6) is 0 Å². The van der Waals surface area contributed by atoms with E-state index >= 15 is 0 Å². The highest BCUT2D eigenvalue weighted by molar-refractivity contribution is 14.0. The normalized spacial score (nSPS) is 16.9. The number of hydrogen-bond acceptors (Lipinski definition) is 4. The van der Waals surface area contributed by atoms with Crippen molar-refractivity contribution < 1.29 is 8.42 Å². The predicted octanol–water partition coefficient (Wildman–Crippen LogP) is 1.53. The highest BCUT2D eigenvalue weighted by Gasteiger charge is 2.21. The Balaban J connectivity index is 0.00000364. The van der Waals surface area contributed by atoms with Gasteiger partial charge in [0, 0.05) is 38.8 Å². The third kappa shape index (κ3) is 7.92. The molecular formula is C18H32IN5O2S. The summed E-state index contributed by atoms with van der Waals surface area (Å²) in [6.07, 6.45) is 3.01. The molecule has 1 heterocycles. The third-order valence-electron chi connectivity index (χ3n) is 4.78. The minimum absolute atomic E-state index is 0. The number of halogens is 1. The quantitative estimate of drug-likeness (QED) is 0.307. The number of hydrogen-bond donors (Lipinski definition) is 3. The predicted molar refractivity (Wildman–Crippen MR) is 121 cm³/mol. The van der Waals surface area contributed by atoms with Gasteiger partial charge in [0.2, 0.25) is 10.0 Å². The molecule has 27 heavy (non-hydrogen) atoms.